The number of hydrogen-bond donors (Lipinski definition) is 3. The number of hydroxylamine groups is 2. The second kappa shape index (κ2) is 13.7. The molecule has 2 fully saturated rings. The van der Waals surface area contributed by atoms with Crippen molar-refractivity contribution < 1.29 is 19.6 Å². The third-order valence-corrected chi connectivity index (χ3v) is 7.88. The molecule has 1 aliphatic heterocycles. The number of nitrogens with one attached hydrogen (secondary N) is 2. The fourth-order valence-electron chi connectivity index (χ4n) is 5.54. The second-order valence-corrected chi connectivity index (χ2v) is 11.9. The highest BCUT2D eigenvalue weighted by atomic mass is 16.5. The zero-order valence-corrected chi connectivity index (χ0v) is 23.0. The summed E-state index contributed by atoms with van der Waals surface area (Å²) in [5.41, 5.74) is 1.25. The SMILES string of the molecule is CC(C)(C)[C@H](NC(=O)[C@H](CC1CCCC1)CN(O)C=O)C(=O)N1CCC(NCc2ccc(C#N)cc2)CC1. The van der Waals surface area contributed by atoms with Gasteiger partial charge in [0, 0.05) is 25.7 Å². The molecule has 208 valence electrons. The zero-order chi connectivity index (χ0) is 27.7. The van der Waals surface area contributed by atoms with Crippen molar-refractivity contribution in [1.29, 1.82) is 5.26 Å². The average Bonchev–Trinajstić information content (AvgIpc) is 3.42. The van der Waals surface area contributed by atoms with Crippen LogP contribution in [0.4, 0.5) is 0 Å². The highest BCUT2D eigenvalue weighted by Crippen LogP contribution is 2.31. The lowest BCUT2D eigenvalue weighted by atomic mass is 9.84. The molecule has 3 rings (SSSR count). The third-order valence-electron chi connectivity index (χ3n) is 7.88. The predicted molar refractivity (Wildman–Crippen MR) is 144 cm³/mol. The molecular formula is C29H43N5O4. The Balaban J connectivity index is 1.57. The van der Waals surface area contributed by atoms with Crippen molar-refractivity contribution >= 4 is 18.2 Å². The van der Waals surface area contributed by atoms with Gasteiger partial charge in [0.15, 0.2) is 0 Å². The lowest BCUT2D eigenvalue weighted by Gasteiger charge is -2.39. The van der Waals surface area contributed by atoms with Crippen LogP contribution in [0.3, 0.4) is 0 Å². The fourth-order valence-corrected chi connectivity index (χ4v) is 5.54. The first kappa shape index (κ1) is 29.6. The van der Waals surface area contributed by atoms with Crippen LogP contribution < -0.4 is 10.6 Å². The average molecular weight is 526 g/mol. The smallest absolute Gasteiger partial charge is 0.245 e. The lowest BCUT2D eigenvalue weighted by Crippen LogP contribution is -2.58. The lowest BCUT2D eigenvalue weighted by molar-refractivity contribution is -0.156. The van der Waals surface area contributed by atoms with Gasteiger partial charge in [-0.3, -0.25) is 19.6 Å². The van der Waals surface area contributed by atoms with Gasteiger partial charge in [-0.25, -0.2) is 5.06 Å². The Morgan fingerprint density at radius 2 is 1.79 bits per heavy atom. The van der Waals surface area contributed by atoms with E-state index in [9.17, 15) is 19.6 Å². The number of likely N-dealkylation sites (tertiary alicyclic amines) is 1. The van der Waals surface area contributed by atoms with E-state index >= 15 is 0 Å². The molecule has 38 heavy (non-hydrogen) atoms. The summed E-state index contributed by atoms with van der Waals surface area (Å²) in [7, 11) is 0. The van der Waals surface area contributed by atoms with Gasteiger partial charge in [0.2, 0.25) is 18.2 Å². The fraction of sp³-hybridized carbons (Fsp3) is 0.655. The van der Waals surface area contributed by atoms with Crippen molar-refractivity contribution in [2.45, 2.75) is 84.3 Å². The Morgan fingerprint density at radius 3 is 2.34 bits per heavy atom. The topological polar surface area (TPSA) is 126 Å². The zero-order valence-electron chi connectivity index (χ0n) is 23.0. The van der Waals surface area contributed by atoms with E-state index in [1.807, 2.05) is 49.9 Å². The van der Waals surface area contributed by atoms with E-state index in [1.165, 1.54) is 0 Å². The number of nitrogens with zero attached hydrogens (tertiary/aromatic N) is 3. The molecule has 1 aromatic carbocycles. The van der Waals surface area contributed by atoms with Crippen molar-refractivity contribution in [1.82, 2.24) is 20.6 Å². The maximum absolute atomic E-state index is 13.6. The van der Waals surface area contributed by atoms with Crippen molar-refractivity contribution in [2.24, 2.45) is 17.3 Å². The molecule has 1 heterocycles. The molecule has 9 nitrogen and oxygen atoms in total. The van der Waals surface area contributed by atoms with Crippen LogP contribution in [0.15, 0.2) is 24.3 Å². The molecule has 9 heteroatoms. The van der Waals surface area contributed by atoms with Gasteiger partial charge >= 0.3 is 0 Å². The number of carbonyl (C=O) groups excluding carboxylic acids is 3. The number of amides is 3. The molecule has 0 bridgehead atoms. The molecule has 0 aromatic heterocycles. The maximum Gasteiger partial charge on any atom is 0.245 e. The minimum absolute atomic E-state index is 0.0762. The normalized spacial score (nSPS) is 18.4. The number of hydrogen-bond acceptors (Lipinski definition) is 6. The van der Waals surface area contributed by atoms with Crippen molar-refractivity contribution in [3.05, 3.63) is 35.4 Å². The van der Waals surface area contributed by atoms with E-state index in [4.69, 9.17) is 5.26 Å². The molecule has 3 amide bonds. The van der Waals surface area contributed by atoms with Gasteiger partial charge in [0.1, 0.15) is 6.04 Å². The standard InChI is InChI=1S/C29H43N5O4/c1-29(2,3)26(32-27(36)24(19-34(38)20-35)16-21-6-4-5-7-21)28(37)33-14-12-25(13-15-33)31-18-23-10-8-22(17-30)9-11-23/h8-11,20-21,24-26,31,38H,4-7,12-16,18-19H2,1-3H3,(H,32,36)/t24-,26-/m1/s1. The highest BCUT2D eigenvalue weighted by Gasteiger charge is 2.38. The van der Waals surface area contributed by atoms with Crippen LogP contribution >= 0.6 is 0 Å². The third kappa shape index (κ3) is 8.53. The number of benzene rings is 1. The van der Waals surface area contributed by atoms with Crippen LogP contribution in [0.2, 0.25) is 0 Å². The van der Waals surface area contributed by atoms with Gasteiger partial charge in [0.25, 0.3) is 0 Å². The number of carbonyl (C=O) groups is 3. The molecule has 1 saturated carbocycles. The molecule has 3 N–H and O–H groups in total. The summed E-state index contributed by atoms with van der Waals surface area (Å²) in [6.45, 7) is 7.66. The number of piperidine rings is 1. The largest absolute Gasteiger partial charge is 0.344 e. The number of nitriles is 1. The van der Waals surface area contributed by atoms with Gasteiger partial charge in [-0.05, 0) is 48.3 Å². The first-order valence-electron chi connectivity index (χ1n) is 13.8. The molecular weight excluding hydrogens is 482 g/mol. The van der Waals surface area contributed by atoms with Crippen LogP contribution in [0.5, 0.6) is 0 Å². The van der Waals surface area contributed by atoms with Gasteiger partial charge in [-0.15, -0.1) is 0 Å². The van der Waals surface area contributed by atoms with Gasteiger partial charge in [0.05, 0.1) is 24.1 Å². The quantitative estimate of drug-likeness (QED) is 0.231. The van der Waals surface area contributed by atoms with Crippen LogP contribution in [0.1, 0.15) is 76.8 Å². The maximum atomic E-state index is 13.6. The van der Waals surface area contributed by atoms with E-state index in [1.54, 1.807) is 0 Å². The summed E-state index contributed by atoms with van der Waals surface area (Å²) < 4.78 is 0. The molecule has 2 atom stereocenters. The van der Waals surface area contributed by atoms with E-state index in [0.717, 1.165) is 44.1 Å². The van der Waals surface area contributed by atoms with Gasteiger partial charge in [-0.1, -0.05) is 58.6 Å². The summed E-state index contributed by atoms with van der Waals surface area (Å²) in [5, 5.41) is 25.9. The van der Waals surface area contributed by atoms with Crippen LogP contribution in [0.25, 0.3) is 0 Å². The van der Waals surface area contributed by atoms with Crippen molar-refractivity contribution in [2.75, 3.05) is 19.6 Å². The Labute approximate surface area is 226 Å². The monoisotopic (exact) mass is 525 g/mol. The Morgan fingerprint density at radius 1 is 1.16 bits per heavy atom. The van der Waals surface area contributed by atoms with E-state index in [-0.39, 0.29) is 24.4 Å². The molecule has 0 unspecified atom stereocenters. The summed E-state index contributed by atoms with van der Waals surface area (Å²) >= 11 is 0. The van der Waals surface area contributed by atoms with Crippen molar-refractivity contribution in [3.8, 4) is 6.07 Å². The van der Waals surface area contributed by atoms with Crippen molar-refractivity contribution in [3.63, 3.8) is 0 Å². The van der Waals surface area contributed by atoms with E-state index in [2.05, 4.69) is 16.7 Å². The Kier molecular flexibility index (Phi) is 10.7. The molecule has 1 saturated heterocycles. The minimum Gasteiger partial charge on any atom is -0.344 e. The van der Waals surface area contributed by atoms with Crippen LogP contribution in [-0.4, -0.2) is 65.1 Å². The summed E-state index contributed by atoms with van der Waals surface area (Å²) in [6.07, 6.45) is 6.91. The molecule has 0 spiro atoms. The van der Waals surface area contributed by atoms with E-state index < -0.39 is 17.4 Å². The Hall–Kier alpha value is -2.96. The molecule has 2 aliphatic rings. The first-order chi connectivity index (χ1) is 18.1. The summed E-state index contributed by atoms with van der Waals surface area (Å²) in [4.78, 5) is 39.9. The first-order valence-corrected chi connectivity index (χ1v) is 13.8. The Bertz CT molecular complexity index is 970. The van der Waals surface area contributed by atoms with Crippen LogP contribution in [-0.2, 0) is 20.9 Å². The highest BCUT2D eigenvalue weighted by molar-refractivity contribution is 5.89. The van der Waals surface area contributed by atoms with E-state index in [0.29, 0.717) is 49.0 Å². The molecule has 1 aliphatic carbocycles. The molecule has 1 aromatic rings. The minimum atomic E-state index is -0.701. The van der Waals surface area contributed by atoms with Gasteiger partial charge < -0.3 is 15.5 Å². The van der Waals surface area contributed by atoms with Gasteiger partial charge in [-0.2, -0.15) is 5.26 Å². The molecule has 0 radical (unpaired) electrons. The predicted octanol–water partition coefficient (Wildman–Crippen LogP) is 3.21. The van der Waals surface area contributed by atoms with Crippen LogP contribution in [0, 0.1) is 28.6 Å². The summed E-state index contributed by atoms with van der Waals surface area (Å²) in [5.74, 6) is -0.550. The number of rotatable bonds is 11. The second-order valence-electron chi connectivity index (χ2n) is 11.9. The summed E-state index contributed by atoms with van der Waals surface area (Å²) in [6, 6.07) is 9.24.